The Bertz CT molecular complexity index is 465. The molecule has 1 atom stereocenters. The molecule has 0 aliphatic heterocycles. The molecule has 0 heterocycles. The zero-order valence-corrected chi connectivity index (χ0v) is 9.61. The van der Waals surface area contributed by atoms with Gasteiger partial charge in [-0.1, -0.05) is 37.0 Å². The van der Waals surface area contributed by atoms with E-state index in [0.717, 1.165) is 17.5 Å². The summed E-state index contributed by atoms with van der Waals surface area (Å²) in [5, 5.41) is 0. The molecule has 2 rings (SSSR count). The van der Waals surface area contributed by atoms with Crippen LogP contribution in [-0.2, 0) is 0 Å². The standard InChI is InChI=1S/C15H17N/c1-3-12-9-13-7-5-4-6-8-14(13)10-15(12)11(2)16/h3,5-11H,1,4,16H2,2H3. The van der Waals surface area contributed by atoms with Crippen LogP contribution in [0.3, 0.4) is 0 Å². The zero-order chi connectivity index (χ0) is 11.5. The summed E-state index contributed by atoms with van der Waals surface area (Å²) >= 11 is 0. The molecular formula is C15H17N. The SMILES string of the molecule is C=Cc1cc2c(cc1C(C)N)C=CCC=C2. The first kappa shape index (κ1) is 10.9. The summed E-state index contributed by atoms with van der Waals surface area (Å²) in [6.07, 6.45) is 11.5. The number of benzene rings is 1. The summed E-state index contributed by atoms with van der Waals surface area (Å²) in [4.78, 5) is 0. The van der Waals surface area contributed by atoms with Gasteiger partial charge < -0.3 is 5.73 Å². The van der Waals surface area contributed by atoms with Gasteiger partial charge in [-0.15, -0.1) is 0 Å². The van der Waals surface area contributed by atoms with Crippen LogP contribution in [0.25, 0.3) is 18.2 Å². The van der Waals surface area contributed by atoms with Crippen LogP contribution in [0.2, 0.25) is 0 Å². The fourth-order valence-electron chi connectivity index (χ4n) is 2.00. The maximum atomic E-state index is 5.97. The minimum atomic E-state index is 0.0407. The van der Waals surface area contributed by atoms with Crippen molar-refractivity contribution >= 4 is 18.2 Å². The van der Waals surface area contributed by atoms with Crippen molar-refractivity contribution in [3.8, 4) is 0 Å². The first-order valence-corrected chi connectivity index (χ1v) is 5.61. The summed E-state index contributed by atoms with van der Waals surface area (Å²) < 4.78 is 0. The van der Waals surface area contributed by atoms with E-state index in [0.29, 0.717) is 0 Å². The topological polar surface area (TPSA) is 26.0 Å². The maximum absolute atomic E-state index is 5.97. The third-order valence-corrected chi connectivity index (χ3v) is 2.87. The van der Waals surface area contributed by atoms with Crippen molar-refractivity contribution in [2.75, 3.05) is 0 Å². The summed E-state index contributed by atoms with van der Waals surface area (Å²) in [7, 11) is 0. The molecule has 1 aliphatic carbocycles. The molecule has 82 valence electrons. The van der Waals surface area contributed by atoms with Crippen LogP contribution in [0, 0.1) is 0 Å². The molecule has 0 spiro atoms. The quantitative estimate of drug-likeness (QED) is 0.791. The molecule has 16 heavy (non-hydrogen) atoms. The maximum Gasteiger partial charge on any atom is 0.0272 e. The van der Waals surface area contributed by atoms with Gasteiger partial charge in [0.05, 0.1) is 0 Å². The van der Waals surface area contributed by atoms with Crippen molar-refractivity contribution in [1.82, 2.24) is 0 Å². The van der Waals surface area contributed by atoms with Gasteiger partial charge in [0.25, 0.3) is 0 Å². The van der Waals surface area contributed by atoms with E-state index in [4.69, 9.17) is 5.73 Å². The van der Waals surface area contributed by atoms with E-state index in [-0.39, 0.29) is 6.04 Å². The van der Waals surface area contributed by atoms with Gasteiger partial charge in [0, 0.05) is 6.04 Å². The number of rotatable bonds is 2. The Hall–Kier alpha value is -1.60. The van der Waals surface area contributed by atoms with Crippen LogP contribution in [0.4, 0.5) is 0 Å². The Balaban J connectivity index is 2.62. The van der Waals surface area contributed by atoms with Crippen LogP contribution in [0.15, 0.2) is 30.9 Å². The molecule has 1 nitrogen and oxygen atoms in total. The Morgan fingerprint density at radius 3 is 2.44 bits per heavy atom. The number of fused-ring (bicyclic) bond motifs is 1. The van der Waals surface area contributed by atoms with Gasteiger partial charge in [0.1, 0.15) is 0 Å². The first-order valence-electron chi connectivity index (χ1n) is 5.61. The van der Waals surface area contributed by atoms with E-state index in [1.54, 1.807) is 0 Å². The molecule has 1 unspecified atom stereocenters. The van der Waals surface area contributed by atoms with Gasteiger partial charge in [-0.3, -0.25) is 0 Å². The summed E-state index contributed by atoms with van der Waals surface area (Å²) in [6, 6.07) is 4.37. The smallest absolute Gasteiger partial charge is 0.0272 e. The lowest BCUT2D eigenvalue weighted by atomic mass is 9.95. The molecule has 0 bridgehead atoms. The van der Waals surface area contributed by atoms with Crippen LogP contribution < -0.4 is 5.73 Å². The van der Waals surface area contributed by atoms with E-state index in [1.807, 2.05) is 13.0 Å². The van der Waals surface area contributed by atoms with Gasteiger partial charge in [0.15, 0.2) is 0 Å². The normalized spacial score (nSPS) is 15.4. The number of allylic oxidation sites excluding steroid dienone is 2. The molecule has 1 aromatic rings. The number of nitrogens with two attached hydrogens (primary N) is 1. The Kier molecular flexibility index (Phi) is 3.07. The molecule has 0 saturated heterocycles. The highest BCUT2D eigenvalue weighted by molar-refractivity contribution is 5.72. The number of hydrogen-bond acceptors (Lipinski definition) is 1. The van der Waals surface area contributed by atoms with E-state index < -0.39 is 0 Å². The second-order valence-electron chi connectivity index (χ2n) is 4.14. The van der Waals surface area contributed by atoms with E-state index in [2.05, 4.69) is 43.0 Å². The molecule has 1 aliphatic rings. The summed E-state index contributed by atoms with van der Waals surface area (Å²) in [5.41, 5.74) is 10.8. The third kappa shape index (κ3) is 2.00. The van der Waals surface area contributed by atoms with Gasteiger partial charge >= 0.3 is 0 Å². The summed E-state index contributed by atoms with van der Waals surface area (Å²) in [6.45, 7) is 5.85. The fraction of sp³-hybridized carbons (Fsp3) is 0.200. The predicted octanol–water partition coefficient (Wildman–Crippen LogP) is 3.78. The summed E-state index contributed by atoms with van der Waals surface area (Å²) in [5.74, 6) is 0. The second-order valence-corrected chi connectivity index (χ2v) is 4.14. The highest BCUT2D eigenvalue weighted by Crippen LogP contribution is 2.26. The molecular weight excluding hydrogens is 194 g/mol. The van der Waals surface area contributed by atoms with Crippen molar-refractivity contribution in [2.24, 2.45) is 5.73 Å². The van der Waals surface area contributed by atoms with E-state index in [9.17, 15) is 0 Å². The fourth-order valence-corrected chi connectivity index (χ4v) is 2.00. The highest BCUT2D eigenvalue weighted by Gasteiger charge is 2.09. The molecule has 0 aromatic heterocycles. The van der Waals surface area contributed by atoms with Gasteiger partial charge in [-0.05, 0) is 47.7 Å². The van der Waals surface area contributed by atoms with Crippen LogP contribution in [-0.4, -0.2) is 0 Å². The molecule has 0 amide bonds. The Labute approximate surface area is 97.0 Å². The van der Waals surface area contributed by atoms with Crippen molar-refractivity contribution < 1.29 is 0 Å². The van der Waals surface area contributed by atoms with Crippen molar-refractivity contribution in [3.63, 3.8) is 0 Å². The lowest BCUT2D eigenvalue weighted by Crippen LogP contribution is -2.07. The predicted molar refractivity (Wildman–Crippen MR) is 71.8 cm³/mol. The van der Waals surface area contributed by atoms with Gasteiger partial charge in [0.2, 0.25) is 0 Å². The lowest BCUT2D eigenvalue weighted by Gasteiger charge is -2.13. The molecule has 1 heteroatoms. The Morgan fingerprint density at radius 2 is 1.88 bits per heavy atom. The van der Waals surface area contributed by atoms with Gasteiger partial charge in [-0.25, -0.2) is 0 Å². The molecule has 1 aromatic carbocycles. The zero-order valence-electron chi connectivity index (χ0n) is 9.61. The molecule has 0 radical (unpaired) electrons. The van der Waals surface area contributed by atoms with Crippen LogP contribution in [0.5, 0.6) is 0 Å². The molecule has 0 saturated carbocycles. The first-order chi connectivity index (χ1) is 7.72. The largest absolute Gasteiger partial charge is 0.324 e. The molecule has 0 fully saturated rings. The van der Waals surface area contributed by atoms with Crippen molar-refractivity contribution in [1.29, 1.82) is 0 Å². The average Bonchev–Trinajstić information content (AvgIpc) is 2.51. The second kappa shape index (κ2) is 4.50. The minimum Gasteiger partial charge on any atom is -0.324 e. The van der Waals surface area contributed by atoms with E-state index >= 15 is 0 Å². The van der Waals surface area contributed by atoms with Crippen LogP contribution >= 0.6 is 0 Å². The van der Waals surface area contributed by atoms with Crippen LogP contribution in [0.1, 0.15) is 41.6 Å². The highest BCUT2D eigenvalue weighted by atomic mass is 14.6. The van der Waals surface area contributed by atoms with Crippen molar-refractivity contribution in [3.05, 3.63) is 53.1 Å². The minimum absolute atomic E-state index is 0.0407. The molecule has 2 N–H and O–H groups in total. The number of hydrogen-bond donors (Lipinski definition) is 1. The Morgan fingerprint density at radius 1 is 1.25 bits per heavy atom. The third-order valence-electron chi connectivity index (χ3n) is 2.87. The monoisotopic (exact) mass is 211 g/mol. The average molecular weight is 211 g/mol. The van der Waals surface area contributed by atoms with Crippen molar-refractivity contribution in [2.45, 2.75) is 19.4 Å². The lowest BCUT2D eigenvalue weighted by molar-refractivity contribution is 0.815. The van der Waals surface area contributed by atoms with Gasteiger partial charge in [-0.2, -0.15) is 0 Å². The van der Waals surface area contributed by atoms with E-state index in [1.165, 1.54) is 11.1 Å².